The van der Waals surface area contributed by atoms with E-state index in [0.717, 1.165) is 70.0 Å². The summed E-state index contributed by atoms with van der Waals surface area (Å²) in [7, 11) is 1.61. The van der Waals surface area contributed by atoms with Crippen LogP contribution in [0, 0.1) is 5.92 Å². The van der Waals surface area contributed by atoms with Crippen LogP contribution in [0.25, 0.3) is 22.2 Å². The fraction of sp³-hybridized carbons (Fsp3) is 0.273. The summed E-state index contributed by atoms with van der Waals surface area (Å²) < 4.78 is 14.1. The summed E-state index contributed by atoms with van der Waals surface area (Å²) >= 11 is 1.41. The summed E-state index contributed by atoms with van der Waals surface area (Å²) in [5.41, 5.74) is 10.1. The van der Waals surface area contributed by atoms with Crippen molar-refractivity contribution in [3.05, 3.63) is 137 Å². The Morgan fingerprint density at radius 2 is 1.75 bits per heavy atom. The van der Waals surface area contributed by atoms with Gasteiger partial charge in [-0.2, -0.15) is 0 Å². The van der Waals surface area contributed by atoms with Crippen LogP contribution in [0.1, 0.15) is 36.8 Å². The largest absolute Gasteiger partial charge is 0.497 e. The topological polar surface area (TPSA) is 185 Å². The molecule has 4 aromatic carbocycles. The monoisotopic (exact) mass is 791 g/mol. The third-order valence-electron chi connectivity index (χ3n) is 9.29. The molecule has 2 fully saturated rings. The standard InChI is InChI=1S/C23H26N2O4S.C16H13NO2.C5H10N2O/c1-2-18-14-20(18)29-15-24-30-21-9-4-3-8-19(21)25-22(26)13-17-7-5-6-16(12-17)10-11-23(27)28;1-19-12-7-8-13-15(9-12)17-14(10-16(13)18)11-5-3-2-4-6-11;6-5(8)4-2-1-3-7-4/h2-9,12,18,20,24H,1,10-11,13-15H2,(H,25,26)(H,27,28);2-10H,1H3,(H,17,18);4,7H,1-3H2,(H2,6,8)/t18-,20+;;/m1../s1. The molecule has 13 heteroatoms. The van der Waals surface area contributed by atoms with Crippen LogP contribution in [0.2, 0.25) is 0 Å². The van der Waals surface area contributed by atoms with Gasteiger partial charge in [-0.1, -0.05) is 72.8 Å². The summed E-state index contributed by atoms with van der Waals surface area (Å²) in [4.78, 5) is 49.9. The number of methoxy groups -OCH3 is 1. The first-order valence-corrected chi connectivity index (χ1v) is 19.6. The lowest BCUT2D eigenvalue weighted by molar-refractivity contribution is -0.137. The van der Waals surface area contributed by atoms with Gasteiger partial charge in [-0.25, -0.2) is 4.72 Å². The van der Waals surface area contributed by atoms with Gasteiger partial charge in [-0.15, -0.1) is 6.58 Å². The molecule has 7 rings (SSSR count). The van der Waals surface area contributed by atoms with E-state index in [9.17, 15) is 19.2 Å². The Hall–Kier alpha value is -5.73. The summed E-state index contributed by atoms with van der Waals surface area (Å²) in [6.45, 7) is 5.13. The molecule has 1 unspecified atom stereocenters. The Balaban J connectivity index is 0.000000193. The van der Waals surface area contributed by atoms with Gasteiger partial charge in [0.05, 0.1) is 36.9 Å². The maximum atomic E-state index is 12.5. The number of ether oxygens (including phenoxy) is 2. The van der Waals surface area contributed by atoms with Crippen LogP contribution in [-0.2, 0) is 32.0 Å². The molecular formula is C44H49N5O7S. The molecule has 1 aliphatic heterocycles. The van der Waals surface area contributed by atoms with Crippen molar-refractivity contribution in [1.82, 2.24) is 15.0 Å². The van der Waals surface area contributed by atoms with Crippen LogP contribution >= 0.6 is 11.9 Å². The average molecular weight is 792 g/mol. The number of amides is 2. The lowest BCUT2D eigenvalue weighted by Crippen LogP contribution is -2.36. The molecule has 0 radical (unpaired) electrons. The van der Waals surface area contributed by atoms with Gasteiger partial charge in [0.2, 0.25) is 11.8 Å². The molecule has 3 atom stereocenters. The lowest BCUT2D eigenvalue weighted by atomic mass is 10.0. The number of carboxylic acid groups (broad SMARTS) is 1. The molecule has 1 aliphatic carbocycles. The number of benzene rings is 4. The Kier molecular flexibility index (Phi) is 16.0. The molecule has 2 aliphatic rings. The molecule has 1 saturated carbocycles. The summed E-state index contributed by atoms with van der Waals surface area (Å²) in [5.74, 6) is 0.0206. The number of pyridine rings is 1. The molecule has 0 spiro atoms. The van der Waals surface area contributed by atoms with Crippen molar-refractivity contribution in [3.8, 4) is 17.0 Å². The predicted molar refractivity (Wildman–Crippen MR) is 225 cm³/mol. The fourth-order valence-electron chi connectivity index (χ4n) is 6.12. The minimum Gasteiger partial charge on any atom is -0.497 e. The number of aromatic amines is 1. The van der Waals surface area contributed by atoms with Gasteiger partial charge in [0.1, 0.15) is 12.5 Å². The van der Waals surface area contributed by atoms with Gasteiger partial charge in [0, 0.05) is 40.4 Å². The first-order valence-electron chi connectivity index (χ1n) is 18.7. The van der Waals surface area contributed by atoms with E-state index in [0.29, 0.717) is 24.5 Å². The number of nitrogens with one attached hydrogen (secondary N) is 4. The third kappa shape index (κ3) is 13.5. The zero-order valence-electron chi connectivity index (χ0n) is 31.9. The van der Waals surface area contributed by atoms with Crippen LogP contribution in [0.15, 0.2) is 125 Å². The van der Waals surface area contributed by atoms with Gasteiger partial charge >= 0.3 is 5.97 Å². The Bertz CT molecular complexity index is 2190. The van der Waals surface area contributed by atoms with E-state index in [4.69, 9.17) is 20.3 Å². The van der Waals surface area contributed by atoms with Crippen molar-refractivity contribution in [2.75, 3.05) is 25.7 Å². The van der Waals surface area contributed by atoms with E-state index < -0.39 is 5.97 Å². The molecule has 12 nitrogen and oxygen atoms in total. The highest BCUT2D eigenvalue weighted by molar-refractivity contribution is 7.97. The van der Waals surface area contributed by atoms with Crippen molar-refractivity contribution < 1.29 is 29.0 Å². The highest BCUT2D eigenvalue weighted by Gasteiger charge is 2.35. The van der Waals surface area contributed by atoms with E-state index in [1.54, 1.807) is 25.3 Å². The van der Waals surface area contributed by atoms with Gasteiger partial charge in [-0.3, -0.25) is 19.2 Å². The zero-order valence-corrected chi connectivity index (χ0v) is 32.7. The minimum absolute atomic E-state index is 0.00950. The van der Waals surface area contributed by atoms with Crippen molar-refractivity contribution in [2.24, 2.45) is 11.7 Å². The SMILES string of the molecule is C=C[C@@H]1C[C@@H]1OCNSc1ccccc1NC(=O)Cc1cccc(CCC(=O)O)c1.COc1ccc2c(=O)cc(-c3ccccc3)[nH]c2c1.NC(=O)C1CCCN1. The average Bonchev–Trinajstić information content (AvgIpc) is 3.74. The number of hydrogen-bond acceptors (Lipinski definition) is 9. The van der Waals surface area contributed by atoms with Crippen LogP contribution < -0.4 is 31.3 Å². The second kappa shape index (κ2) is 21.5. The molecule has 2 amide bonds. The molecule has 57 heavy (non-hydrogen) atoms. The normalized spacial score (nSPS) is 16.6. The number of para-hydroxylation sites is 1. The second-order valence-corrected chi connectivity index (χ2v) is 14.5. The highest BCUT2D eigenvalue weighted by Crippen LogP contribution is 2.34. The highest BCUT2D eigenvalue weighted by atomic mass is 32.2. The van der Waals surface area contributed by atoms with Crippen molar-refractivity contribution in [1.29, 1.82) is 0 Å². The molecule has 0 bridgehead atoms. The quantitative estimate of drug-likeness (QED) is 0.0298. The predicted octanol–water partition coefficient (Wildman–Crippen LogP) is 6.46. The summed E-state index contributed by atoms with van der Waals surface area (Å²) in [5, 5.41) is 15.4. The first-order chi connectivity index (χ1) is 27.6. The summed E-state index contributed by atoms with van der Waals surface area (Å²) in [6.07, 6.45) is 5.95. The Morgan fingerprint density at radius 1 is 0.982 bits per heavy atom. The maximum Gasteiger partial charge on any atom is 0.303 e. The molecule has 5 aromatic rings. The van der Waals surface area contributed by atoms with E-state index in [1.165, 1.54) is 11.9 Å². The molecule has 1 saturated heterocycles. The van der Waals surface area contributed by atoms with E-state index in [-0.39, 0.29) is 42.2 Å². The number of aromatic nitrogens is 1. The number of fused-ring (bicyclic) bond motifs is 1. The first kappa shape index (κ1) is 42.4. The number of carbonyl (C=O) groups is 3. The van der Waals surface area contributed by atoms with Crippen molar-refractivity contribution in [3.63, 3.8) is 0 Å². The smallest absolute Gasteiger partial charge is 0.303 e. The van der Waals surface area contributed by atoms with Crippen molar-refractivity contribution in [2.45, 2.75) is 55.6 Å². The number of nitrogens with two attached hydrogens (primary N) is 1. The van der Waals surface area contributed by atoms with E-state index >= 15 is 0 Å². The third-order valence-corrected chi connectivity index (χ3v) is 10.1. The maximum absolute atomic E-state index is 12.5. The lowest BCUT2D eigenvalue weighted by Gasteiger charge is -2.12. The minimum atomic E-state index is -0.830. The molecule has 298 valence electrons. The van der Waals surface area contributed by atoms with Gasteiger partial charge in [0.15, 0.2) is 5.43 Å². The van der Waals surface area contributed by atoms with Crippen LogP contribution in [-0.4, -0.2) is 60.4 Å². The number of primary amides is 1. The fourth-order valence-corrected chi connectivity index (χ4v) is 6.78. The number of aryl methyl sites for hydroxylation is 1. The molecule has 2 heterocycles. The molecule has 7 N–H and O–H groups in total. The number of carboxylic acids is 1. The Labute approximate surface area is 336 Å². The van der Waals surface area contributed by atoms with Crippen LogP contribution in [0.4, 0.5) is 5.69 Å². The summed E-state index contributed by atoms with van der Waals surface area (Å²) in [6, 6.07) is 31.9. The van der Waals surface area contributed by atoms with Crippen LogP contribution in [0.3, 0.4) is 0 Å². The van der Waals surface area contributed by atoms with E-state index in [1.807, 2.05) is 91.0 Å². The Morgan fingerprint density at radius 3 is 2.44 bits per heavy atom. The molecular weight excluding hydrogens is 743 g/mol. The van der Waals surface area contributed by atoms with Gasteiger partial charge in [0.25, 0.3) is 0 Å². The van der Waals surface area contributed by atoms with Gasteiger partial charge < -0.3 is 35.9 Å². The number of hydrogen-bond donors (Lipinski definition) is 6. The van der Waals surface area contributed by atoms with E-state index in [2.05, 4.69) is 26.9 Å². The number of rotatable bonds is 15. The number of carbonyl (C=O) groups excluding carboxylic acids is 2. The number of H-pyrrole nitrogens is 1. The van der Waals surface area contributed by atoms with Crippen LogP contribution in [0.5, 0.6) is 5.75 Å². The molecule has 1 aromatic heterocycles. The number of anilines is 1. The van der Waals surface area contributed by atoms with Gasteiger partial charge in [-0.05, 0) is 85.1 Å². The second-order valence-electron chi connectivity index (χ2n) is 13.5. The van der Waals surface area contributed by atoms with Crippen molar-refractivity contribution >= 4 is 46.3 Å². The zero-order chi connectivity index (χ0) is 40.6. The number of aliphatic carboxylic acids is 1.